The van der Waals surface area contributed by atoms with Crippen LogP contribution >= 0.6 is 0 Å². The van der Waals surface area contributed by atoms with Crippen molar-refractivity contribution >= 4 is 16.8 Å². The molecule has 29 heavy (non-hydrogen) atoms. The van der Waals surface area contributed by atoms with E-state index < -0.39 is 11.4 Å². The Morgan fingerprint density at radius 1 is 1.28 bits per heavy atom. The van der Waals surface area contributed by atoms with Gasteiger partial charge in [-0.1, -0.05) is 44.7 Å². The van der Waals surface area contributed by atoms with E-state index in [9.17, 15) is 9.59 Å². The first-order valence-corrected chi connectivity index (χ1v) is 9.54. The van der Waals surface area contributed by atoms with Crippen LogP contribution < -0.4 is 16.1 Å². The van der Waals surface area contributed by atoms with Gasteiger partial charge < -0.3 is 19.6 Å². The quantitative estimate of drug-likeness (QED) is 0.193. The summed E-state index contributed by atoms with van der Waals surface area (Å²) >= 11 is 0. The third-order valence-electron chi connectivity index (χ3n) is 4.17. The van der Waals surface area contributed by atoms with Gasteiger partial charge in [0.1, 0.15) is 23.5 Å². The summed E-state index contributed by atoms with van der Waals surface area (Å²) in [6.07, 6.45) is 6.39. The lowest BCUT2D eigenvalue weighted by molar-refractivity contribution is 0.103. The molecule has 1 heterocycles. The molecule has 0 aliphatic rings. The van der Waals surface area contributed by atoms with Crippen LogP contribution in [-0.2, 0) is 4.74 Å². The van der Waals surface area contributed by atoms with Gasteiger partial charge in [0.05, 0.1) is 12.6 Å². The van der Waals surface area contributed by atoms with E-state index in [1.54, 1.807) is 18.2 Å². The summed E-state index contributed by atoms with van der Waals surface area (Å²) in [6, 6.07) is 6.29. The second-order valence-electron chi connectivity index (χ2n) is 6.54. The van der Waals surface area contributed by atoms with E-state index in [1.807, 2.05) is 0 Å². The number of allylic oxidation sites excluding steroid dienone is 4. The van der Waals surface area contributed by atoms with E-state index in [1.165, 1.54) is 24.3 Å². The van der Waals surface area contributed by atoms with Crippen molar-refractivity contribution in [3.8, 4) is 5.75 Å². The fourth-order valence-electron chi connectivity index (χ4n) is 2.59. The molecule has 2 aromatic rings. The van der Waals surface area contributed by atoms with Crippen LogP contribution in [-0.4, -0.2) is 31.6 Å². The number of hydrogen-bond acceptors (Lipinski definition) is 6. The maximum atomic E-state index is 12.5. The highest BCUT2D eigenvalue weighted by atomic mass is 16.5. The molecule has 6 nitrogen and oxygen atoms in total. The highest BCUT2D eigenvalue weighted by Crippen LogP contribution is 2.21. The first-order valence-electron chi connectivity index (χ1n) is 9.54. The second-order valence-corrected chi connectivity index (χ2v) is 6.54. The van der Waals surface area contributed by atoms with Crippen molar-refractivity contribution in [3.63, 3.8) is 0 Å². The van der Waals surface area contributed by atoms with E-state index in [2.05, 4.69) is 20.1 Å². The summed E-state index contributed by atoms with van der Waals surface area (Å²) in [7, 11) is 0. The van der Waals surface area contributed by atoms with Crippen LogP contribution in [0.1, 0.15) is 30.1 Å². The number of ketones is 1. The van der Waals surface area contributed by atoms with Crippen LogP contribution in [0.25, 0.3) is 11.0 Å². The van der Waals surface area contributed by atoms with Gasteiger partial charge in [-0.3, -0.25) is 4.79 Å². The SMILES string of the molecule is C=C/C=C(\C=C)C(=O)c1cc2ccc(OCC(N)COCCCC)cc2oc1=O. The summed E-state index contributed by atoms with van der Waals surface area (Å²) < 4.78 is 16.5. The Balaban J connectivity index is 2.12. The normalized spacial score (nSPS) is 12.6. The van der Waals surface area contributed by atoms with Gasteiger partial charge in [-0.05, 0) is 24.6 Å². The molecular weight excluding hydrogens is 370 g/mol. The fourth-order valence-corrected chi connectivity index (χ4v) is 2.59. The van der Waals surface area contributed by atoms with E-state index in [0.29, 0.717) is 29.9 Å². The minimum absolute atomic E-state index is 0.0644. The van der Waals surface area contributed by atoms with Crippen molar-refractivity contribution in [1.82, 2.24) is 0 Å². The topological polar surface area (TPSA) is 91.8 Å². The molecule has 0 fully saturated rings. The Kier molecular flexibility index (Phi) is 8.58. The summed E-state index contributed by atoms with van der Waals surface area (Å²) in [4.78, 5) is 24.8. The zero-order chi connectivity index (χ0) is 21.2. The number of hydrogen-bond donors (Lipinski definition) is 1. The van der Waals surface area contributed by atoms with Crippen LogP contribution in [0, 0.1) is 0 Å². The largest absolute Gasteiger partial charge is 0.492 e. The minimum atomic E-state index is -0.725. The molecule has 0 amide bonds. The van der Waals surface area contributed by atoms with Crippen molar-refractivity contribution in [2.75, 3.05) is 19.8 Å². The number of benzene rings is 1. The number of carbonyl (C=O) groups excluding carboxylic acids is 1. The molecule has 0 radical (unpaired) electrons. The lowest BCUT2D eigenvalue weighted by Crippen LogP contribution is -2.33. The average Bonchev–Trinajstić information content (AvgIpc) is 2.72. The number of rotatable bonds is 12. The molecule has 0 aliphatic carbocycles. The highest BCUT2D eigenvalue weighted by Gasteiger charge is 2.16. The minimum Gasteiger partial charge on any atom is -0.492 e. The highest BCUT2D eigenvalue weighted by molar-refractivity contribution is 6.11. The molecular formula is C23H27NO5. The summed E-state index contributed by atoms with van der Waals surface area (Å²) in [5.74, 6) is 0.0481. The van der Waals surface area contributed by atoms with Gasteiger partial charge in [-0.15, -0.1) is 0 Å². The predicted octanol–water partition coefficient (Wildman–Crippen LogP) is 3.80. The zero-order valence-corrected chi connectivity index (χ0v) is 16.7. The van der Waals surface area contributed by atoms with Crippen LogP contribution in [0.4, 0.5) is 0 Å². The van der Waals surface area contributed by atoms with Crippen LogP contribution in [0.3, 0.4) is 0 Å². The van der Waals surface area contributed by atoms with Crippen LogP contribution in [0.15, 0.2) is 70.4 Å². The molecule has 0 bridgehead atoms. The Bertz CT molecular complexity index is 957. The molecule has 2 rings (SSSR count). The number of carbonyl (C=O) groups is 1. The molecule has 154 valence electrons. The van der Waals surface area contributed by atoms with Crippen molar-refractivity contribution < 1.29 is 18.7 Å². The Morgan fingerprint density at radius 3 is 2.76 bits per heavy atom. The van der Waals surface area contributed by atoms with Gasteiger partial charge in [0.15, 0.2) is 5.78 Å². The lowest BCUT2D eigenvalue weighted by Gasteiger charge is -2.13. The smallest absolute Gasteiger partial charge is 0.347 e. The molecule has 2 N–H and O–H groups in total. The molecule has 0 saturated heterocycles. The van der Waals surface area contributed by atoms with Crippen molar-refractivity contribution in [3.05, 3.63) is 77.2 Å². The number of Topliss-reactive ketones (excluding diaryl/α,β-unsaturated/α-hetero) is 1. The molecule has 1 unspecified atom stereocenters. The molecule has 0 spiro atoms. The van der Waals surface area contributed by atoms with Gasteiger partial charge >= 0.3 is 5.63 Å². The third kappa shape index (κ3) is 6.27. The molecule has 0 aliphatic heterocycles. The van der Waals surface area contributed by atoms with Crippen LogP contribution in [0.5, 0.6) is 5.75 Å². The zero-order valence-electron chi connectivity index (χ0n) is 16.7. The van der Waals surface area contributed by atoms with E-state index in [-0.39, 0.29) is 23.8 Å². The third-order valence-corrected chi connectivity index (χ3v) is 4.17. The Labute approximate surface area is 170 Å². The summed E-state index contributed by atoms with van der Waals surface area (Å²) in [6.45, 7) is 10.6. The maximum Gasteiger partial charge on any atom is 0.347 e. The van der Waals surface area contributed by atoms with Gasteiger partial charge in [0.2, 0.25) is 0 Å². The number of nitrogens with two attached hydrogens (primary N) is 1. The van der Waals surface area contributed by atoms with Crippen LogP contribution in [0.2, 0.25) is 0 Å². The standard InChI is InChI=1S/C23H27NO5/c1-4-7-11-27-14-18(24)15-28-19-10-9-17-12-20(23(26)29-21(17)13-19)22(25)16(6-3)8-5-2/h5-6,8-10,12-13,18H,2-4,7,11,14-15,24H2,1H3/b16-8+. The molecule has 1 aromatic carbocycles. The van der Waals surface area contributed by atoms with E-state index in [4.69, 9.17) is 19.6 Å². The van der Waals surface area contributed by atoms with Crippen molar-refractivity contribution in [2.24, 2.45) is 5.73 Å². The summed E-state index contributed by atoms with van der Waals surface area (Å²) in [5, 5.41) is 0.606. The molecule has 0 saturated carbocycles. The number of unbranched alkanes of at least 4 members (excludes halogenated alkanes) is 1. The number of ether oxygens (including phenoxy) is 2. The first kappa shape index (κ1) is 22.3. The van der Waals surface area contributed by atoms with Gasteiger partial charge in [0, 0.05) is 23.6 Å². The first-order chi connectivity index (χ1) is 14.0. The average molecular weight is 397 g/mol. The van der Waals surface area contributed by atoms with Gasteiger partial charge in [-0.2, -0.15) is 0 Å². The van der Waals surface area contributed by atoms with Gasteiger partial charge in [0.25, 0.3) is 0 Å². The van der Waals surface area contributed by atoms with Crippen molar-refractivity contribution in [1.29, 1.82) is 0 Å². The van der Waals surface area contributed by atoms with Gasteiger partial charge in [-0.25, -0.2) is 4.79 Å². The number of fused-ring (bicyclic) bond motifs is 1. The Morgan fingerprint density at radius 2 is 2.07 bits per heavy atom. The molecule has 1 aromatic heterocycles. The Hall–Kier alpha value is -2.96. The lowest BCUT2D eigenvalue weighted by atomic mass is 10.0. The monoisotopic (exact) mass is 397 g/mol. The molecule has 1 atom stereocenters. The second kappa shape index (κ2) is 11.1. The predicted molar refractivity (Wildman–Crippen MR) is 114 cm³/mol. The van der Waals surface area contributed by atoms with Crippen molar-refractivity contribution in [2.45, 2.75) is 25.8 Å². The van der Waals surface area contributed by atoms with E-state index in [0.717, 1.165) is 12.8 Å². The fraction of sp³-hybridized carbons (Fsp3) is 0.304. The van der Waals surface area contributed by atoms with E-state index >= 15 is 0 Å². The molecule has 6 heteroatoms. The maximum absolute atomic E-state index is 12.5. The summed E-state index contributed by atoms with van der Waals surface area (Å²) in [5.41, 5.74) is 5.78.